The molecule has 1 N–H and O–H groups in total. The Kier molecular flexibility index (Phi) is 5.40. The van der Waals surface area contributed by atoms with E-state index in [1.54, 1.807) is 48.4 Å². The molecule has 0 saturated heterocycles. The van der Waals surface area contributed by atoms with Crippen LogP contribution < -0.4 is 14.4 Å². The molecule has 0 fully saturated rings. The Labute approximate surface area is 180 Å². The summed E-state index contributed by atoms with van der Waals surface area (Å²) in [4.78, 5) is 14.8. The van der Waals surface area contributed by atoms with Crippen LogP contribution in [0.5, 0.6) is 5.75 Å². The Hall–Kier alpha value is -3.03. The maximum absolute atomic E-state index is 13.0. The second kappa shape index (κ2) is 8.01. The lowest BCUT2D eigenvalue weighted by atomic mass is 10.1. The number of nitrogens with one attached hydrogen (secondary N) is 1. The Morgan fingerprint density at radius 3 is 2.40 bits per heavy atom. The monoisotopic (exact) mass is 442 g/mol. The van der Waals surface area contributed by atoms with Gasteiger partial charge in [0.1, 0.15) is 5.75 Å². The third kappa shape index (κ3) is 3.99. The summed E-state index contributed by atoms with van der Waals surface area (Å²) in [5.41, 5.74) is 2.62. The van der Waals surface area contributed by atoms with Crippen LogP contribution in [-0.2, 0) is 16.4 Å². The van der Waals surface area contributed by atoms with Crippen LogP contribution in [-0.4, -0.2) is 28.0 Å². The molecule has 0 radical (unpaired) electrons. The number of sulfonamides is 1. The smallest absolute Gasteiger partial charge is 0.261 e. The van der Waals surface area contributed by atoms with E-state index >= 15 is 0 Å². The molecule has 1 amide bonds. The zero-order chi connectivity index (χ0) is 21.3. The van der Waals surface area contributed by atoms with Crippen molar-refractivity contribution in [2.24, 2.45) is 0 Å². The van der Waals surface area contributed by atoms with Crippen LogP contribution in [0.2, 0.25) is 5.02 Å². The third-order valence-corrected chi connectivity index (χ3v) is 6.59. The predicted octanol–water partition coefficient (Wildman–Crippen LogP) is 4.35. The van der Waals surface area contributed by atoms with Crippen molar-refractivity contribution in [1.29, 1.82) is 0 Å². The van der Waals surface area contributed by atoms with Gasteiger partial charge in [-0.2, -0.15) is 0 Å². The molecular weight excluding hydrogens is 424 g/mol. The highest BCUT2D eigenvalue weighted by atomic mass is 35.5. The van der Waals surface area contributed by atoms with Gasteiger partial charge in [0.15, 0.2) is 0 Å². The number of hydrogen-bond donors (Lipinski definition) is 1. The number of methoxy groups -OCH3 is 1. The van der Waals surface area contributed by atoms with Crippen LogP contribution >= 0.6 is 11.6 Å². The standard InChI is InChI=1S/C22H19ClN2O4S/c1-29-19-8-3-16(4-9-19)22(26)25-13-12-15-2-7-18(14-21(15)25)24-30(27,28)20-10-5-17(23)6-11-20/h2-11,14,24H,12-13H2,1H3. The number of amides is 1. The van der Waals surface area contributed by atoms with E-state index in [0.29, 0.717) is 40.7 Å². The molecule has 0 bridgehead atoms. The highest BCUT2D eigenvalue weighted by Crippen LogP contribution is 2.33. The second-order valence-corrected chi connectivity index (χ2v) is 8.96. The van der Waals surface area contributed by atoms with Crippen LogP contribution in [0.4, 0.5) is 11.4 Å². The van der Waals surface area contributed by atoms with E-state index in [9.17, 15) is 13.2 Å². The summed E-state index contributed by atoms with van der Waals surface area (Å²) in [7, 11) is -2.20. The van der Waals surface area contributed by atoms with Crippen molar-refractivity contribution >= 4 is 38.9 Å². The quantitative estimate of drug-likeness (QED) is 0.637. The molecule has 154 valence electrons. The molecule has 0 spiro atoms. The first-order chi connectivity index (χ1) is 14.4. The van der Waals surface area contributed by atoms with Crippen LogP contribution in [0.15, 0.2) is 71.6 Å². The second-order valence-electron chi connectivity index (χ2n) is 6.84. The topological polar surface area (TPSA) is 75.7 Å². The molecule has 3 aromatic carbocycles. The average Bonchev–Trinajstić information content (AvgIpc) is 3.16. The summed E-state index contributed by atoms with van der Waals surface area (Å²) >= 11 is 5.84. The highest BCUT2D eigenvalue weighted by molar-refractivity contribution is 7.92. The van der Waals surface area contributed by atoms with Gasteiger partial charge in [0, 0.05) is 22.8 Å². The van der Waals surface area contributed by atoms with Crippen molar-refractivity contribution < 1.29 is 17.9 Å². The number of benzene rings is 3. The lowest BCUT2D eigenvalue weighted by molar-refractivity contribution is 0.0989. The molecule has 3 aromatic rings. The molecule has 1 aliphatic rings. The number of anilines is 2. The molecule has 1 aliphatic heterocycles. The summed E-state index contributed by atoms with van der Waals surface area (Å²) < 4.78 is 33.0. The van der Waals surface area contributed by atoms with E-state index in [1.807, 2.05) is 6.07 Å². The van der Waals surface area contributed by atoms with E-state index < -0.39 is 10.0 Å². The first kappa shape index (κ1) is 20.3. The van der Waals surface area contributed by atoms with E-state index in [1.165, 1.54) is 24.3 Å². The number of rotatable bonds is 5. The number of ether oxygens (including phenoxy) is 1. The van der Waals surface area contributed by atoms with Gasteiger partial charge in [-0.05, 0) is 72.6 Å². The maximum Gasteiger partial charge on any atom is 0.261 e. The Morgan fingerprint density at radius 2 is 1.73 bits per heavy atom. The first-order valence-corrected chi connectivity index (χ1v) is 11.1. The van der Waals surface area contributed by atoms with Gasteiger partial charge in [0.2, 0.25) is 0 Å². The number of nitrogens with zero attached hydrogens (tertiary/aromatic N) is 1. The van der Waals surface area contributed by atoms with Gasteiger partial charge in [-0.1, -0.05) is 17.7 Å². The molecule has 1 heterocycles. The van der Waals surface area contributed by atoms with Crippen molar-refractivity contribution in [1.82, 2.24) is 0 Å². The Morgan fingerprint density at radius 1 is 1.03 bits per heavy atom. The summed E-state index contributed by atoms with van der Waals surface area (Å²) in [6.07, 6.45) is 0.710. The SMILES string of the molecule is COc1ccc(C(=O)N2CCc3ccc(NS(=O)(=O)c4ccc(Cl)cc4)cc32)cc1. The lowest BCUT2D eigenvalue weighted by Crippen LogP contribution is -2.28. The molecule has 0 aliphatic carbocycles. The molecule has 0 saturated carbocycles. The molecule has 4 rings (SSSR count). The number of fused-ring (bicyclic) bond motifs is 1. The number of carbonyl (C=O) groups is 1. The van der Waals surface area contributed by atoms with Crippen molar-refractivity contribution in [2.75, 3.05) is 23.3 Å². The van der Waals surface area contributed by atoms with Gasteiger partial charge < -0.3 is 9.64 Å². The molecule has 6 nitrogen and oxygen atoms in total. The zero-order valence-electron chi connectivity index (χ0n) is 16.1. The minimum atomic E-state index is -3.77. The highest BCUT2D eigenvalue weighted by Gasteiger charge is 2.26. The fraction of sp³-hybridized carbons (Fsp3) is 0.136. The largest absolute Gasteiger partial charge is 0.497 e. The molecule has 30 heavy (non-hydrogen) atoms. The van der Waals surface area contributed by atoms with Gasteiger partial charge >= 0.3 is 0 Å². The fourth-order valence-electron chi connectivity index (χ4n) is 3.37. The van der Waals surface area contributed by atoms with Crippen molar-refractivity contribution in [3.63, 3.8) is 0 Å². The molecule has 0 unspecified atom stereocenters. The summed E-state index contributed by atoms with van der Waals surface area (Å²) in [5.74, 6) is 0.529. The van der Waals surface area contributed by atoms with E-state index in [2.05, 4.69) is 4.72 Å². The number of carbonyl (C=O) groups excluding carboxylic acids is 1. The van der Waals surface area contributed by atoms with Crippen LogP contribution in [0, 0.1) is 0 Å². The van der Waals surface area contributed by atoms with E-state index in [0.717, 1.165) is 5.56 Å². The number of halogens is 1. The zero-order valence-corrected chi connectivity index (χ0v) is 17.7. The van der Waals surface area contributed by atoms with Crippen molar-refractivity contribution in [3.8, 4) is 5.75 Å². The maximum atomic E-state index is 13.0. The lowest BCUT2D eigenvalue weighted by Gasteiger charge is -2.18. The van der Waals surface area contributed by atoms with Crippen molar-refractivity contribution in [3.05, 3.63) is 82.9 Å². The van der Waals surface area contributed by atoms with E-state index in [-0.39, 0.29) is 10.8 Å². The van der Waals surface area contributed by atoms with E-state index in [4.69, 9.17) is 16.3 Å². The first-order valence-electron chi connectivity index (χ1n) is 9.24. The molecule has 8 heteroatoms. The van der Waals surface area contributed by atoms with Crippen molar-refractivity contribution in [2.45, 2.75) is 11.3 Å². The van der Waals surface area contributed by atoms with Crippen LogP contribution in [0.1, 0.15) is 15.9 Å². The van der Waals surface area contributed by atoms with Crippen LogP contribution in [0.3, 0.4) is 0 Å². The van der Waals surface area contributed by atoms with Gasteiger partial charge in [-0.3, -0.25) is 9.52 Å². The molecular formula is C22H19ClN2O4S. The third-order valence-electron chi connectivity index (χ3n) is 4.94. The Bertz CT molecular complexity index is 1190. The van der Waals surface area contributed by atoms with Gasteiger partial charge in [-0.25, -0.2) is 8.42 Å². The van der Waals surface area contributed by atoms with Gasteiger partial charge in [0.25, 0.3) is 15.9 Å². The summed E-state index contributed by atoms with van der Waals surface area (Å²) in [5, 5.41) is 0.458. The van der Waals surface area contributed by atoms with Gasteiger partial charge in [-0.15, -0.1) is 0 Å². The fourth-order valence-corrected chi connectivity index (χ4v) is 4.55. The van der Waals surface area contributed by atoms with Gasteiger partial charge in [0.05, 0.1) is 17.7 Å². The van der Waals surface area contributed by atoms with Crippen LogP contribution in [0.25, 0.3) is 0 Å². The summed E-state index contributed by atoms with van der Waals surface area (Å²) in [6.45, 7) is 0.535. The minimum absolute atomic E-state index is 0.110. The average molecular weight is 443 g/mol. The summed E-state index contributed by atoms with van der Waals surface area (Å²) in [6, 6.07) is 18.1. The predicted molar refractivity (Wildman–Crippen MR) is 117 cm³/mol. The number of hydrogen-bond acceptors (Lipinski definition) is 4. The normalized spacial score (nSPS) is 13.1. The minimum Gasteiger partial charge on any atom is -0.497 e. The molecule has 0 aromatic heterocycles. The molecule has 0 atom stereocenters. The Balaban J connectivity index is 1.59.